The summed E-state index contributed by atoms with van der Waals surface area (Å²) in [4.78, 5) is 20.2. The smallest absolute Gasteiger partial charge is 0.266 e. The molecule has 0 bridgehead atoms. The van der Waals surface area contributed by atoms with Crippen LogP contribution in [0.5, 0.6) is 0 Å². The largest absolute Gasteiger partial charge is 0.378 e. The molecule has 2 aliphatic rings. The molecule has 10 heteroatoms. The zero-order valence-electron chi connectivity index (χ0n) is 17.6. The molecule has 1 N–H and O–H groups in total. The first-order valence-corrected chi connectivity index (χ1v) is 12.6. The number of amides is 1. The van der Waals surface area contributed by atoms with Gasteiger partial charge < -0.3 is 14.2 Å². The summed E-state index contributed by atoms with van der Waals surface area (Å²) in [6.07, 6.45) is 3.89. The fraction of sp³-hybridized carbons (Fsp3) is 0.600. The molecule has 0 atom stereocenters. The maximum atomic E-state index is 13.0. The molecule has 1 saturated carbocycles. The summed E-state index contributed by atoms with van der Waals surface area (Å²) in [6, 6.07) is 1.69. The van der Waals surface area contributed by atoms with Gasteiger partial charge in [0.1, 0.15) is 14.8 Å². The summed E-state index contributed by atoms with van der Waals surface area (Å²) >= 11 is 1.31. The minimum Gasteiger partial charge on any atom is -0.378 e. The Hall–Kier alpha value is -1.75. The number of rotatable bonds is 5. The average molecular weight is 453 g/mol. The Labute approximate surface area is 181 Å². The van der Waals surface area contributed by atoms with E-state index in [-0.39, 0.29) is 16.8 Å². The maximum absolute atomic E-state index is 13.0. The molecule has 164 valence electrons. The van der Waals surface area contributed by atoms with Gasteiger partial charge in [0.15, 0.2) is 0 Å². The highest BCUT2D eigenvalue weighted by atomic mass is 32.2. The van der Waals surface area contributed by atoms with Gasteiger partial charge in [0.05, 0.1) is 24.6 Å². The molecule has 2 fully saturated rings. The van der Waals surface area contributed by atoms with Crippen molar-refractivity contribution in [3.8, 4) is 10.7 Å². The standard InChI is InChI=1S/C20H28N4O4S2/c1-13-18(20(25)24-8-10-28-11-9-24)29-19(21-13)16-12-17(14(2)23(16)3)30(26,27)22-15-6-4-5-7-15/h12,15,22H,4-11H2,1-3H3. The van der Waals surface area contributed by atoms with Crippen LogP contribution in [-0.4, -0.2) is 61.1 Å². The number of carbonyl (C=O) groups is 1. The van der Waals surface area contributed by atoms with Gasteiger partial charge in [0, 0.05) is 31.9 Å². The van der Waals surface area contributed by atoms with E-state index in [9.17, 15) is 13.2 Å². The van der Waals surface area contributed by atoms with Crippen molar-refractivity contribution in [2.45, 2.75) is 50.5 Å². The summed E-state index contributed by atoms with van der Waals surface area (Å²) in [5, 5.41) is 0.650. The van der Waals surface area contributed by atoms with Crippen molar-refractivity contribution in [2.75, 3.05) is 26.3 Å². The minimum absolute atomic E-state index is 0.0120. The number of hydrogen-bond donors (Lipinski definition) is 1. The molecule has 1 aliphatic heterocycles. The van der Waals surface area contributed by atoms with Crippen molar-refractivity contribution in [3.63, 3.8) is 0 Å². The minimum atomic E-state index is -3.60. The quantitative estimate of drug-likeness (QED) is 0.752. The van der Waals surface area contributed by atoms with Crippen molar-refractivity contribution >= 4 is 27.3 Å². The molecule has 30 heavy (non-hydrogen) atoms. The number of nitrogens with one attached hydrogen (secondary N) is 1. The molecule has 0 unspecified atom stereocenters. The highest BCUT2D eigenvalue weighted by Crippen LogP contribution is 2.33. The van der Waals surface area contributed by atoms with Crippen molar-refractivity contribution in [1.82, 2.24) is 19.2 Å². The van der Waals surface area contributed by atoms with E-state index < -0.39 is 10.0 Å². The van der Waals surface area contributed by atoms with E-state index in [1.165, 1.54) is 11.3 Å². The van der Waals surface area contributed by atoms with E-state index in [4.69, 9.17) is 4.74 Å². The van der Waals surface area contributed by atoms with Crippen LogP contribution in [0.3, 0.4) is 0 Å². The molecule has 0 radical (unpaired) electrons. The zero-order chi connectivity index (χ0) is 21.5. The highest BCUT2D eigenvalue weighted by molar-refractivity contribution is 7.89. The Bertz CT molecular complexity index is 1050. The number of aryl methyl sites for hydroxylation is 1. The Morgan fingerprint density at radius 3 is 2.57 bits per heavy atom. The van der Waals surface area contributed by atoms with Gasteiger partial charge in [0.2, 0.25) is 10.0 Å². The zero-order valence-corrected chi connectivity index (χ0v) is 19.2. The third-order valence-electron chi connectivity index (χ3n) is 5.96. The average Bonchev–Trinajstić information content (AvgIpc) is 3.43. The molecule has 3 heterocycles. The molecule has 2 aromatic rings. The summed E-state index contributed by atoms with van der Waals surface area (Å²) in [5.74, 6) is -0.0405. The van der Waals surface area contributed by atoms with Crippen LogP contribution < -0.4 is 4.72 Å². The second kappa shape index (κ2) is 8.41. The van der Waals surface area contributed by atoms with Gasteiger partial charge in [-0.3, -0.25) is 4.79 Å². The molecule has 0 aromatic carbocycles. The van der Waals surface area contributed by atoms with Crippen LogP contribution >= 0.6 is 11.3 Å². The van der Waals surface area contributed by atoms with E-state index in [2.05, 4.69) is 9.71 Å². The van der Waals surface area contributed by atoms with Crippen molar-refractivity contribution in [1.29, 1.82) is 0 Å². The topological polar surface area (TPSA) is 93.5 Å². The van der Waals surface area contributed by atoms with Crippen LogP contribution in [0.15, 0.2) is 11.0 Å². The van der Waals surface area contributed by atoms with Crippen LogP contribution in [0.25, 0.3) is 10.7 Å². The summed E-state index contributed by atoms with van der Waals surface area (Å²) < 4.78 is 36.0. The molecule has 0 spiro atoms. The fourth-order valence-electron chi connectivity index (χ4n) is 4.09. The predicted octanol–water partition coefficient (Wildman–Crippen LogP) is 2.46. The van der Waals surface area contributed by atoms with E-state index in [0.29, 0.717) is 53.3 Å². The lowest BCUT2D eigenvalue weighted by Gasteiger charge is -2.26. The molecule has 8 nitrogen and oxygen atoms in total. The molecule has 1 saturated heterocycles. The first-order valence-electron chi connectivity index (χ1n) is 10.3. The number of thiazole rings is 1. The van der Waals surface area contributed by atoms with Gasteiger partial charge in [-0.2, -0.15) is 0 Å². The number of ether oxygens (including phenoxy) is 1. The van der Waals surface area contributed by atoms with E-state index in [1.807, 2.05) is 18.5 Å². The molecule has 2 aromatic heterocycles. The van der Waals surface area contributed by atoms with Crippen LogP contribution in [-0.2, 0) is 21.8 Å². The van der Waals surface area contributed by atoms with Gasteiger partial charge >= 0.3 is 0 Å². The highest BCUT2D eigenvalue weighted by Gasteiger charge is 2.29. The molecule has 4 rings (SSSR count). The number of hydrogen-bond acceptors (Lipinski definition) is 6. The number of aromatic nitrogens is 2. The normalized spacial score (nSPS) is 18.3. The number of sulfonamides is 1. The van der Waals surface area contributed by atoms with Crippen LogP contribution in [0, 0.1) is 13.8 Å². The predicted molar refractivity (Wildman–Crippen MR) is 115 cm³/mol. The van der Waals surface area contributed by atoms with Crippen LogP contribution in [0.2, 0.25) is 0 Å². The van der Waals surface area contributed by atoms with E-state index >= 15 is 0 Å². The lowest BCUT2D eigenvalue weighted by molar-refractivity contribution is 0.0305. The Kier molecular flexibility index (Phi) is 6.02. The first-order chi connectivity index (χ1) is 14.3. The Balaban J connectivity index is 1.63. The SMILES string of the molecule is Cc1nc(-c2cc(S(=O)(=O)NC3CCCC3)c(C)n2C)sc1C(=O)N1CCOCC1. The molecular weight excluding hydrogens is 424 g/mol. The Morgan fingerprint density at radius 2 is 1.90 bits per heavy atom. The third kappa shape index (κ3) is 4.05. The van der Waals surface area contributed by atoms with Gasteiger partial charge in [0.25, 0.3) is 5.91 Å². The maximum Gasteiger partial charge on any atom is 0.266 e. The van der Waals surface area contributed by atoms with Crippen LogP contribution in [0.1, 0.15) is 46.7 Å². The fourth-order valence-corrected chi connectivity index (χ4v) is 6.77. The molecular formula is C20H28N4O4S2. The van der Waals surface area contributed by atoms with Crippen molar-refractivity contribution in [3.05, 3.63) is 22.3 Å². The lowest BCUT2D eigenvalue weighted by Crippen LogP contribution is -2.40. The number of carbonyl (C=O) groups excluding carboxylic acids is 1. The van der Waals surface area contributed by atoms with Gasteiger partial charge in [-0.15, -0.1) is 11.3 Å². The summed E-state index contributed by atoms with van der Waals surface area (Å²) in [6.45, 7) is 5.86. The van der Waals surface area contributed by atoms with Crippen molar-refractivity contribution < 1.29 is 17.9 Å². The van der Waals surface area contributed by atoms with E-state index in [1.54, 1.807) is 17.9 Å². The summed E-state index contributed by atoms with van der Waals surface area (Å²) in [5.41, 5.74) is 2.02. The second-order valence-corrected chi connectivity index (χ2v) is 10.7. The van der Waals surface area contributed by atoms with E-state index in [0.717, 1.165) is 25.7 Å². The van der Waals surface area contributed by atoms with Gasteiger partial charge in [-0.1, -0.05) is 12.8 Å². The molecule has 1 aliphatic carbocycles. The Morgan fingerprint density at radius 1 is 1.23 bits per heavy atom. The van der Waals surface area contributed by atoms with Crippen LogP contribution in [0.4, 0.5) is 0 Å². The first kappa shape index (κ1) is 21.5. The molecule has 1 amide bonds. The summed E-state index contributed by atoms with van der Waals surface area (Å²) in [7, 11) is -1.77. The lowest BCUT2D eigenvalue weighted by atomic mass is 10.3. The second-order valence-electron chi connectivity index (χ2n) is 7.98. The number of nitrogens with zero attached hydrogens (tertiary/aromatic N) is 3. The third-order valence-corrected chi connectivity index (χ3v) is 8.77. The van der Waals surface area contributed by atoms with Gasteiger partial charge in [-0.25, -0.2) is 18.1 Å². The number of morpholine rings is 1. The monoisotopic (exact) mass is 452 g/mol. The van der Waals surface area contributed by atoms with Crippen molar-refractivity contribution in [2.24, 2.45) is 7.05 Å². The van der Waals surface area contributed by atoms with Gasteiger partial charge in [-0.05, 0) is 32.8 Å².